The van der Waals surface area contributed by atoms with Gasteiger partial charge in [0.05, 0.1) is 11.2 Å². The lowest BCUT2D eigenvalue weighted by molar-refractivity contribution is 0.270. The van der Waals surface area contributed by atoms with E-state index in [1.807, 2.05) is 0 Å². The number of aromatic nitrogens is 1. The number of aromatic amines is 1. The normalized spacial score (nSPS) is 19.3. The van der Waals surface area contributed by atoms with Crippen LogP contribution in [0.4, 0.5) is 5.69 Å². The Bertz CT molecular complexity index is 880. The first-order valence-electron chi connectivity index (χ1n) is 8.24. The Hall–Kier alpha value is -2.26. The molecule has 1 atom stereocenters. The van der Waals surface area contributed by atoms with Gasteiger partial charge in [-0.2, -0.15) is 0 Å². The third kappa shape index (κ3) is 2.15. The second-order valence-electron chi connectivity index (χ2n) is 6.75. The van der Waals surface area contributed by atoms with E-state index in [9.17, 15) is 5.11 Å². The summed E-state index contributed by atoms with van der Waals surface area (Å²) in [5, 5.41) is 14.3. The Morgan fingerprint density at radius 3 is 2.78 bits per heavy atom. The highest BCUT2D eigenvalue weighted by Gasteiger charge is 2.36. The minimum absolute atomic E-state index is 0.182. The van der Waals surface area contributed by atoms with Crippen LogP contribution in [0.15, 0.2) is 42.5 Å². The van der Waals surface area contributed by atoms with Crippen LogP contribution in [0.5, 0.6) is 0 Å². The molecule has 0 saturated carbocycles. The van der Waals surface area contributed by atoms with E-state index >= 15 is 0 Å². The number of aryl methyl sites for hydroxylation is 1. The van der Waals surface area contributed by atoms with Crippen LogP contribution in [-0.4, -0.2) is 16.7 Å². The van der Waals surface area contributed by atoms with Gasteiger partial charge in [0.2, 0.25) is 0 Å². The number of nitrogens with one attached hydrogen (secondary N) is 2. The predicted molar refractivity (Wildman–Crippen MR) is 95.8 cm³/mol. The molecule has 1 aliphatic heterocycles. The van der Waals surface area contributed by atoms with Crippen molar-refractivity contribution >= 4 is 16.6 Å². The third-order valence-electron chi connectivity index (χ3n) is 4.95. The van der Waals surface area contributed by atoms with E-state index in [1.54, 1.807) is 0 Å². The molecular weight excluding hydrogens is 284 g/mol. The van der Waals surface area contributed by atoms with Gasteiger partial charge >= 0.3 is 0 Å². The number of aliphatic hydroxyl groups is 1. The first kappa shape index (κ1) is 14.3. The highest BCUT2D eigenvalue weighted by atomic mass is 16.2. The molecule has 3 N–H and O–H groups in total. The molecule has 3 aromatic rings. The van der Waals surface area contributed by atoms with E-state index in [0.29, 0.717) is 0 Å². The molecule has 1 aliphatic rings. The first-order valence-corrected chi connectivity index (χ1v) is 8.24. The second kappa shape index (κ2) is 5.14. The Labute approximate surface area is 136 Å². The molecule has 23 heavy (non-hydrogen) atoms. The number of aliphatic hydroxyl groups excluding tert-OH is 1. The zero-order valence-electron chi connectivity index (χ0n) is 13.6. The van der Waals surface area contributed by atoms with E-state index in [1.165, 1.54) is 33.3 Å². The van der Waals surface area contributed by atoms with Gasteiger partial charge in [-0.1, -0.05) is 29.8 Å². The maximum atomic E-state index is 9.33. The van der Waals surface area contributed by atoms with Crippen LogP contribution in [0.2, 0.25) is 0 Å². The summed E-state index contributed by atoms with van der Waals surface area (Å²) in [6.45, 7) is 4.59. The van der Waals surface area contributed by atoms with Crippen LogP contribution in [0.1, 0.15) is 30.9 Å². The van der Waals surface area contributed by atoms with Gasteiger partial charge in [0.25, 0.3) is 0 Å². The number of hydrogen-bond donors (Lipinski definition) is 3. The number of fused-ring (bicyclic) bond motifs is 5. The van der Waals surface area contributed by atoms with Crippen molar-refractivity contribution in [2.45, 2.75) is 32.2 Å². The minimum Gasteiger partial charge on any atom is -0.396 e. The summed E-state index contributed by atoms with van der Waals surface area (Å²) >= 11 is 0. The number of anilines is 1. The fraction of sp³-hybridized carbons (Fsp3) is 0.300. The number of hydrogen-bond acceptors (Lipinski definition) is 2. The largest absolute Gasteiger partial charge is 0.396 e. The van der Waals surface area contributed by atoms with Crippen molar-refractivity contribution in [1.82, 2.24) is 4.98 Å². The molecule has 2 aromatic carbocycles. The number of benzene rings is 2. The fourth-order valence-corrected chi connectivity index (χ4v) is 3.87. The van der Waals surface area contributed by atoms with Gasteiger partial charge < -0.3 is 15.4 Å². The van der Waals surface area contributed by atoms with E-state index < -0.39 is 0 Å². The predicted octanol–water partition coefficient (Wildman–Crippen LogP) is 4.56. The average Bonchev–Trinajstić information content (AvgIpc) is 2.93. The summed E-state index contributed by atoms with van der Waals surface area (Å²) in [5.41, 5.74) is 7.17. The Morgan fingerprint density at radius 2 is 1.96 bits per heavy atom. The fourth-order valence-electron chi connectivity index (χ4n) is 3.87. The van der Waals surface area contributed by atoms with Crippen LogP contribution in [0, 0.1) is 6.92 Å². The molecule has 0 aliphatic carbocycles. The monoisotopic (exact) mass is 306 g/mol. The van der Waals surface area contributed by atoms with Crippen molar-refractivity contribution in [3.8, 4) is 11.3 Å². The Morgan fingerprint density at radius 1 is 1.13 bits per heavy atom. The van der Waals surface area contributed by atoms with Crippen molar-refractivity contribution in [2.75, 3.05) is 11.9 Å². The maximum absolute atomic E-state index is 9.33. The highest BCUT2D eigenvalue weighted by molar-refractivity contribution is 5.97. The number of para-hydroxylation sites is 1. The van der Waals surface area contributed by atoms with Gasteiger partial charge in [-0.05, 0) is 44.9 Å². The van der Waals surface area contributed by atoms with Gasteiger partial charge in [-0.3, -0.25) is 0 Å². The smallest absolute Gasteiger partial charge is 0.0625 e. The summed E-state index contributed by atoms with van der Waals surface area (Å²) in [6.07, 6.45) is 1.68. The molecule has 0 saturated heterocycles. The molecule has 4 rings (SSSR count). The molecule has 2 heterocycles. The molecule has 3 nitrogen and oxygen atoms in total. The van der Waals surface area contributed by atoms with Crippen LogP contribution in [0.3, 0.4) is 0 Å². The zero-order valence-corrected chi connectivity index (χ0v) is 13.6. The molecular formula is C20H22N2O. The van der Waals surface area contributed by atoms with Crippen molar-refractivity contribution < 1.29 is 5.11 Å². The van der Waals surface area contributed by atoms with Gasteiger partial charge in [0.15, 0.2) is 0 Å². The molecule has 118 valence electrons. The van der Waals surface area contributed by atoms with Gasteiger partial charge in [-0.25, -0.2) is 0 Å². The second-order valence-corrected chi connectivity index (χ2v) is 6.75. The Balaban J connectivity index is 2.02. The lowest BCUT2D eigenvalue weighted by Crippen LogP contribution is -2.35. The zero-order chi connectivity index (χ0) is 16.0. The summed E-state index contributed by atoms with van der Waals surface area (Å²) in [5.74, 6) is 0. The van der Waals surface area contributed by atoms with Crippen LogP contribution >= 0.6 is 0 Å². The molecule has 0 bridgehead atoms. The van der Waals surface area contributed by atoms with Gasteiger partial charge in [-0.15, -0.1) is 0 Å². The highest BCUT2D eigenvalue weighted by Crippen LogP contribution is 2.48. The number of H-pyrrole nitrogens is 1. The average molecular weight is 306 g/mol. The molecule has 0 spiro atoms. The summed E-state index contributed by atoms with van der Waals surface area (Å²) in [7, 11) is 0. The lowest BCUT2D eigenvalue weighted by Gasteiger charge is -2.37. The topological polar surface area (TPSA) is 48.0 Å². The number of rotatable bonds is 3. The lowest BCUT2D eigenvalue weighted by atomic mass is 9.80. The van der Waals surface area contributed by atoms with E-state index in [-0.39, 0.29) is 12.1 Å². The summed E-state index contributed by atoms with van der Waals surface area (Å²) in [4.78, 5) is 3.63. The quantitative estimate of drug-likeness (QED) is 0.664. The van der Waals surface area contributed by atoms with E-state index in [4.69, 9.17) is 0 Å². The van der Waals surface area contributed by atoms with Crippen LogP contribution < -0.4 is 5.32 Å². The molecule has 0 radical (unpaired) electrons. The van der Waals surface area contributed by atoms with E-state index in [0.717, 1.165) is 18.5 Å². The van der Waals surface area contributed by atoms with Crippen molar-refractivity contribution in [2.24, 2.45) is 0 Å². The molecule has 0 fully saturated rings. The molecule has 1 aromatic heterocycles. The van der Waals surface area contributed by atoms with Gasteiger partial charge in [0, 0.05) is 34.3 Å². The van der Waals surface area contributed by atoms with Crippen molar-refractivity contribution in [3.63, 3.8) is 0 Å². The summed E-state index contributed by atoms with van der Waals surface area (Å²) < 4.78 is 0. The van der Waals surface area contributed by atoms with Gasteiger partial charge in [0.1, 0.15) is 0 Å². The summed E-state index contributed by atoms with van der Waals surface area (Å²) in [6, 6.07) is 15.0. The third-order valence-corrected chi connectivity index (χ3v) is 4.95. The van der Waals surface area contributed by atoms with Crippen LogP contribution in [0.25, 0.3) is 22.2 Å². The van der Waals surface area contributed by atoms with Crippen LogP contribution in [-0.2, 0) is 5.54 Å². The molecule has 1 unspecified atom stereocenters. The Kier molecular flexibility index (Phi) is 3.20. The minimum atomic E-state index is -0.182. The molecule has 0 amide bonds. The first-order chi connectivity index (χ1) is 11.1. The molecule has 3 heteroatoms. The SMILES string of the molecule is Cc1ccc2[nH]c3c(c2c1)C(C)(CCCO)Nc1ccccc1-3. The van der Waals surface area contributed by atoms with Crippen molar-refractivity contribution in [1.29, 1.82) is 0 Å². The maximum Gasteiger partial charge on any atom is 0.0625 e. The standard InChI is InChI=1S/C20H22N2O/c1-13-8-9-16-15(12-13)18-19(21-16)14-6-3-4-7-17(14)22-20(18,2)10-5-11-23/h3-4,6-9,12,21-23H,5,10-11H2,1-2H3. The van der Waals surface area contributed by atoms with Crippen molar-refractivity contribution in [3.05, 3.63) is 53.6 Å². The van der Waals surface area contributed by atoms with E-state index in [2.05, 4.69) is 66.6 Å².